The quantitative estimate of drug-likeness (QED) is 0.0753. The van der Waals surface area contributed by atoms with Crippen LogP contribution in [-0.2, 0) is 14.3 Å². The topological polar surface area (TPSA) is 46.6 Å². The maximum absolute atomic E-state index is 14.5. The predicted molar refractivity (Wildman–Crippen MR) is 158 cm³/mol. The van der Waals surface area contributed by atoms with E-state index < -0.39 is 17.8 Å². The highest BCUT2D eigenvalue weighted by Gasteiger charge is 2.37. The molecule has 6 heteroatoms. The Labute approximate surface area is 235 Å². The van der Waals surface area contributed by atoms with Crippen molar-refractivity contribution in [3.63, 3.8) is 0 Å². The average molecular weight is 546 g/mol. The number of piperidine rings is 1. The number of ether oxygens (including phenoxy) is 1. The molecule has 0 aliphatic carbocycles. The van der Waals surface area contributed by atoms with Gasteiger partial charge in [-0.3, -0.25) is 4.79 Å². The molecule has 1 fully saturated rings. The fraction of sp³-hybridized carbons (Fsp3) is 0.656. The Morgan fingerprint density at radius 2 is 1.61 bits per heavy atom. The number of unbranched alkanes of at least 4 members (excludes halogenated alkanes) is 11. The number of hydrogen-bond donors (Lipinski definition) is 0. The van der Waals surface area contributed by atoms with Crippen molar-refractivity contribution >= 4 is 29.0 Å². The number of thiocarbonyl (C=S) groups is 1. The first kappa shape index (κ1) is 32.1. The first-order valence-electron chi connectivity index (χ1n) is 14.8. The monoisotopic (exact) mass is 545 g/mol. The number of benzene rings is 1. The van der Waals surface area contributed by atoms with Crippen LogP contribution in [0.3, 0.4) is 0 Å². The second-order valence-corrected chi connectivity index (χ2v) is 11.0. The molecular formula is C32H48FNO3S. The van der Waals surface area contributed by atoms with Crippen molar-refractivity contribution in [1.82, 2.24) is 4.90 Å². The summed E-state index contributed by atoms with van der Waals surface area (Å²) in [5.41, 5.74) is 0.250. The molecule has 0 aromatic heterocycles. The zero-order valence-corrected chi connectivity index (χ0v) is 24.4. The number of ketones is 1. The number of carbonyl (C=O) groups excluding carboxylic acids is 2. The van der Waals surface area contributed by atoms with Gasteiger partial charge in [0.15, 0.2) is 6.04 Å². The summed E-state index contributed by atoms with van der Waals surface area (Å²) < 4.78 is 19.4. The van der Waals surface area contributed by atoms with E-state index in [1.54, 1.807) is 23.1 Å². The van der Waals surface area contributed by atoms with Crippen LogP contribution in [-0.4, -0.2) is 35.3 Å². The maximum atomic E-state index is 14.5. The van der Waals surface area contributed by atoms with Gasteiger partial charge in [-0.15, -0.1) is 0 Å². The summed E-state index contributed by atoms with van der Waals surface area (Å²) in [5, 5.41) is 0. The summed E-state index contributed by atoms with van der Waals surface area (Å²) in [6, 6.07) is 5.28. The number of methoxy groups -OCH3 is 1. The summed E-state index contributed by atoms with van der Waals surface area (Å²) in [6.45, 7) is 2.70. The molecule has 1 aromatic rings. The highest BCUT2D eigenvalue weighted by Crippen LogP contribution is 2.32. The van der Waals surface area contributed by atoms with Crippen LogP contribution in [0.5, 0.6) is 0 Å². The summed E-state index contributed by atoms with van der Waals surface area (Å²) in [4.78, 5) is 27.6. The van der Waals surface area contributed by atoms with Gasteiger partial charge in [-0.05, 0) is 44.6 Å². The third kappa shape index (κ3) is 11.3. The van der Waals surface area contributed by atoms with Crippen molar-refractivity contribution in [3.8, 4) is 0 Å². The number of halogens is 1. The smallest absolute Gasteiger partial charge is 0.333 e. The molecule has 2 atom stereocenters. The van der Waals surface area contributed by atoms with Crippen molar-refractivity contribution in [2.45, 2.75) is 116 Å². The normalized spacial score (nSPS) is 16.7. The second kappa shape index (κ2) is 19.1. The fourth-order valence-corrected chi connectivity index (χ4v) is 5.60. The van der Waals surface area contributed by atoms with Crippen molar-refractivity contribution in [1.29, 1.82) is 0 Å². The zero-order valence-electron chi connectivity index (χ0n) is 23.6. The molecule has 0 N–H and O–H groups in total. The Morgan fingerprint density at radius 1 is 1.00 bits per heavy atom. The third-order valence-corrected chi connectivity index (χ3v) is 7.94. The third-order valence-electron chi connectivity index (χ3n) is 7.54. The summed E-state index contributed by atoms with van der Waals surface area (Å²) in [5.74, 6) is -0.872. The van der Waals surface area contributed by atoms with Gasteiger partial charge < -0.3 is 9.64 Å². The lowest BCUT2D eigenvalue weighted by Crippen LogP contribution is -2.45. The van der Waals surface area contributed by atoms with E-state index in [0.717, 1.165) is 19.3 Å². The molecule has 1 heterocycles. The van der Waals surface area contributed by atoms with E-state index in [2.05, 4.69) is 19.1 Å². The number of carbonyl (C=O) groups is 2. The van der Waals surface area contributed by atoms with E-state index in [4.69, 9.17) is 17.0 Å². The van der Waals surface area contributed by atoms with Gasteiger partial charge in [-0.25, -0.2) is 9.18 Å². The van der Waals surface area contributed by atoms with E-state index in [9.17, 15) is 14.0 Å². The lowest BCUT2D eigenvalue weighted by Gasteiger charge is -2.38. The molecule has 212 valence electrons. The van der Waals surface area contributed by atoms with E-state index in [1.807, 2.05) is 0 Å². The Balaban J connectivity index is 1.61. The van der Waals surface area contributed by atoms with Crippen molar-refractivity contribution in [3.05, 3.63) is 47.8 Å². The number of rotatable bonds is 19. The van der Waals surface area contributed by atoms with Gasteiger partial charge in [0.05, 0.1) is 12.1 Å². The molecular weight excluding hydrogens is 497 g/mol. The van der Waals surface area contributed by atoms with Crippen molar-refractivity contribution in [2.75, 3.05) is 13.7 Å². The number of likely N-dealkylation sites (tertiary alicyclic amines) is 1. The van der Waals surface area contributed by atoms with Crippen LogP contribution in [0, 0.1) is 11.7 Å². The average Bonchev–Trinajstić information content (AvgIpc) is 2.92. The van der Waals surface area contributed by atoms with Crippen LogP contribution >= 0.6 is 12.2 Å². The molecule has 1 aliphatic rings. The minimum Gasteiger partial charge on any atom is -0.467 e. The van der Waals surface area contributed by atoms with Gasteiger partial charge in [0, 0.05) is 30.9 Å². The van der Waals surface area contributed by atoms with Crippen LogP contribution in [0.4, 0.5) is 4.39 Å². The molecule has 2 unspecified atom stereocenters. The number of hydrogen-bond acceptors (Lipinski definition) is 4. The number of nitrogens with zero attached hydrogens (tertiary/aromatic N) is 1. The lowest BCUT2D eigenvalue weighted by atomic mass is 9.88. The molecule has 0 amide bonds. The number of esters is 1. The van der Waals surface area contributed by atoms with Crippen molar-refractivity contribution < 1.29 is 18.7 Å². The van der Waals surface area contributed by atoms with Gasteiger partial charge in [0.25, 0.3) is 0 Å². The van der Waals surface area contributed by atoms with Gasteiger partial charge in [-0.2, -0.15) is 0 Å². The summed E-state index contributed by atoms with van der Waals surface area (Å²) >= 11 is 5.60. The van der Waals surface area contributed by atoms with E-state index in [-0.39, 0.29) is 17.3 Å². The first-order chi connectivity index (χ1) is 18.5. The summed E-state index contributed by atoms with van der Waals surface area (Å²) in [6.07, 6.45) is 22.4. The highest BCUT2D eigenvalue weighted by atomic mass is 32.1. The van der Waals surface area contributed by atoms with E-state index >= 15 is 0 Å². The van der Waals surface area contributed by atoms with Crippen LogP contribution in [0.25, 0.3) is 0 Å². The minimum absolute atomic E-state index is 0.116. The zero-order chi connectivity index (χ0) is 27.6. The second-order valence-electron chi connectivity index (χ2n) is 10.5. The Bertz CT molecular complexity index is 887. The summed E-state index contributed by atoms with van der Waals surface area (Å²) in [7, 11) is 1.30. The molecule has 1 aliphatic heterocycles. The largest absolute Gasteiger partial charge is 0.467 e. The molecule has 4 nitrogen and oxygen atoms in total. The molecule has 0 saturated carbocycles. The van der Waals surface area contributed by atoms with Crippen molar-refractivity contribution in [2.24, 2.45) is 5.92 Å². The van der Waals surface area contributed by atoms with Gasteiger partial charge >= 0.3 is 5.97 Å². The number of Topliss-reactive ketones (excluding diaryl/α,β-unsaturated/α-hetero) is 1. The number of allylic oxidation sites excluding steroid dienone is 2. The van der Waals surface area contributed by atoms with Crippen LogP contribution < -0.4 is 0 Å². The molecule has 0 radical (unpaired) electrons. The van der Waals surface area contributed by atoms with Gasteiger partial charge in [0.1, 0.15) is 11.6 Å². The molecule has 0 bridgehead atoms. The molecule has 2 rings (SSSR count). The van der Waals surface area contributed by atoms with Crippen LogP contribution in [0.2, 0.25) is 0 Å². The Kier molecular flexibility index (Phi) is 16.1. The van der Waals surface area contributed by atoms with Gasteiger partial charge in [0.2, 0.25) is 0 Å². The van der Waals surface area contributed by atoms with Gasteiger partial charge in [-0.1, -0.05) is 101 Å². The SMILES string of the molecule is CCCCCCCC/C=C\CCCCCCCC(=O)C1CCN(C(C(=O)OC)c2ccccc2F)C(=S)C1. The predicted octanol–water partition coefficient (Wildman–Crippen LogP) is 8.69. The Morgan fingerprint density at radius 3 is 2.21 bits per heavy atom. The van der Waals surface area contributed by atoms with Crippen LogP contribution in [0.15, 0.2) is 36.4 Å². The highest BCUT2D eigenvalue weighted by molar-refractivity contribution is 7.80. The fourth-order valence-electron chi connectivity index (χ4n) is 5.20. The molecule has 0 spiro atoms. The Hall–Kier alpha value is -2.08. The first-order valence-corrected chi connectivity index (χ1v) is 15.2. The molecule has 38 heavy (non-hydrogen) atoms. The molecule has 1 aromatic carbocycles. The minimum atomic E-state index is -0.921. The van der Waals surface area contributed by atoms with E-state index in [1.165, 1.54) is 77.4 Å². The maximum Gasteiger partial charge on any atom is 0.333 e. The van der Waals surface area contributed by atoms with Crippen LogP contribution in [0.1, 0.15) is 121 Å². The lowest BCUT2D eigenvalue weighted by molar-refractivity contribution is -0.146. The van der Waals surface area contributed by atoms with E-state index in [0.29, 0.717) is 30.8 Å². The molecule has 1 saturated heterocycles. The standard InChI is InChI=1S/C32H48FNO3S/c1-3-4-5-6-7-8-9-10-11-12-13-14-15-16-17-22-29(35)26-23-24-34(30(38)25-26)31(32(36)37-2)27-20-18-19-21-28(27)33/h10-11,18-21,26,31H,3-9,12-17,22-25H2,1-2H3/b11-10-.